The zero-order valence-electron chi connectivity index (χ0n) is 12.7. The molecule has 0 spiro atoms. The van der Waals surface area contributed by atoms with Gasteiger partial charge in [-0.05, 0) is 26.8 Å². The Morgan fingerprint density at radius 1 is 1.33 bits per heavy atom. The zero-order chi connectivity index (χ0) is 16.0. The molecule has 0 unspecified atom stereocenters. The summed E-state index contributed by atoms with van der Waals surface area (Å²) < 4.78 is 9.73. The van der Waals surface area contributed by atoms with Gasteiger partial charge in [0, 0.05) is 24.7 Å². The van der Waals surface area contributed by atoms with Gasteiger partial charge in [-0.1, -0.05) is 5.92 Å². The first kappa shape index (κ1) is 16.5. The number of methoxy groups -OCH3 is 1. The predicted octanol–water partition coefficient (Wildman–Crippen LogP) is 1.60. The van der Waals surface area contributed by atoms with Crippen LogP contribution in [0.25, 0.3) is 0 Å². The monoisotopic (exact) mass is 290 g/mol. The van der Waals surface area contributed by atoms with E-state index in [-0.39, 0.29) is 5.56 Å². The van der Waals surface area contributed by atoms with E-state index in [0.717, 1.165) is 0 Å². The molecule has 0 aliphatic carbocycles. The van der Waals surface area contributed by atoms with E-state index in [1.165, 1.54) is 19.4 Å². The number of nitrogens with one attached hydrogen (secondary N) is 1. The zero-order valence-corrected chi connectivity index (χ0v) is 12.7. The summed E-state index contributed by atoms with van der Waals surface area (Å²) in [6.45, 7) is 5.33. The first-order valence-electron chi connectivity index (χ1n) is 6.28. The van der Waals surface area contributed by atoms with Crippen LogP contribution < -0.4 is 5.32 Å². The van der Waals surface area contributed by atoms with Crippen LogP contribution in [-0.4, -0.2) is 36.7 Å². The molecule has 0 saturated heterocycles. The van der Waals surface area contributed by atoms with Gasteiger partial charge in [-0.15, -0.1) is 0 Å². The molecule has 112 valence electrons. The van der Waals surface area contributed by atoms with E-state index in [1.54, 1.807) is 27.8 Å². The summed E-state index contributed by atoms with van der Waals surface area (Å²) in [4.78, 5) is 27.2. The van der Waals surface area contributed by atoms with Crippen molar-refractivity contribution < 1.29 is 19.1 Å². The van der Waals surface area contributed by atoms with Gasteiger partial charge in [-0.3, -0.25) is 0 Å². The van der Waals surface area contributed by atoms with Crippen LogP contribution in [0.5, 0.6) is 0 Å². The first-order chi connectivity index (χ1) is 9.76. The van der Waals surface area contributed by atoms with Crippen molar-refractivity contribution in [3.8, 4) is 11.8 Å². The molecule has 0 bridgehead atoms. The minimum Gasteiger partial charge on any atom is -0.459 e. The molecule has 0 fully saturated rings. The van der Waals surface area contributed by atoms with E-state index in [0.29, 0.717) is 11.4 Å². The Bertz CT molecular complexity index is 606. The van der Waals surface area contributed by atoms with Gasteiger partial charge in [0.2, 0.25) is 0 Å². The number of ether oxygens (including phenoxy) is 2. The van der Waals surface area contributed by atoms with E-state index in [1.807, 2.05) is 0 Å². The topological polar surface area (TPSA) is 77.5 Å². The van der Waals surface area contributed by atoms with E-state index < -0.39 is 17.5 Å². The summed E-state index contributed by atoms with van der Waals surface area (Å²) in [5.74, 6) is 4.07. The maximum Gasteiger partial charge on any atom is 0.384 e. The van der Waals surface area contributed by atoms with Crippen LogP contribution in [-0.2, 0) is 14.3 Å². The molecule has 1 rings (SSSR count). The van der Waals surface area contributed by atoms with Gasteiger partial charge < -0.3 is 14.8 Å². The molecule has 1 aromatic heterocycles. The second kappa shape index (κ2) is 6.75. The van der Waals surface area contributed by atoms with Gasteiger partial charge in [-0.2, -0.15) is 0 Å². The summed E-state index contributed by atoms with van der Waals surface area (Å²) in [5.41, 5.74) is 0.0554. The molecule has 0 atom stereocenters. The van der Waals surface area contributed by atoms with Crippen molar-refractivity contribution in [2.45, 2.75) is 26.4 Å². The normalized spacial score (nSPS) is 10.1. The fourth-order valence-corrected chi connectivity index (χ4v) is 1.40. The summed E-state index contributed by atoms with van der Waals surface area (Å²) in [7, 11) is 2.89. The molecule has 1 heterocycles. The van der Waals surface area contributed by atoms with Crippen molar-refractivity contribution in [2.75, 3.05) is 19.5 Å². The van der Waals surface area contributed by atoms with Crippen LogP contribution in [0.1, 0.15) is 36.7 Å². The fourth-order valence-electron chi connectivity index (χ4n) is 1.40. The Morgan fingerprint density at radius 2 is 2.00 bits per heavy atom. The highest BCUT2D eigenvalue weighted by Crippen LogP contribution is 2.18. The molecule has 1 N–H and O–H groups in total. The lowest BCUT2D eigenvalue weighted by Crippen LogP contribution is -2.24. The highest BCUT2D eigenvalue weighted by molar-refractivity contribution is 5.95. The molecule has 0 amide bonds. The Morgan fingerprint density at radius 3 is 2.52 bits per heavy atom. The summed E-state index contributed by atoms with van der Waals surface area (Å²) in [5, 5.41) is 2.81. The van der Waals surface area contributed by atoms with Crippen LogP contribution in [0.3, 0.4) is 0 Å². The molecule has 0 aromatic carbocycles. The quantitative estimate of drug-likeness (QED) is 0.658. The van der Waals surface area contributed by atoms with Gasteiger partial charge in [0.05, 0.1) is 7.11 Å². The third-order valence-electron chi connectivity index (χ3n) is 2.24. The van der Waals surface area contributed by atoms with Crippen molar-refractivity contribution in [3.63, 3.8) is 0 Å². The number of esters is 2. The predicted molar refractivity (Wildman–Crippen MR) is 77.8 cm³/mol. The van der Waals surface area contributed by atoms with Crippen LogP contribution in [0, 0.1) is 11.8 Å². The average Bonchev–Trinajstić information content (AvgIpc) is 2.42. The third-order valence-corrected chi connectivity index (χ3v) is 2.24. The lowest BCUT2D eigenvalue weighted by atomic mass is 10.1. The Hall–Kier alpha value is -2.55. The van der Waals surface area contributed by atoms with E-state index >= 15 is 0 Å². The molecule has 21 heavy (non-hydrogen) atoms. The number of carbonyl (C=O) groups excluding carboxylic acids is 2. The second-order valence-corrected chi connectivity index (χ2v) is 5.11. The van der Waals surface area contributed by atoms with Crippen LogP contribution in [0.4, 0.5) is 5.82 Å². The SMILES string of the molecule is CNc1ncc(C#CC(=O)OC)cc1C(=O)OC(C)(C)C. The number of nitrogens with zero attached hydrogens (tertiary/aromatic N) is 1. The van der Waals surface area contributed by atoms with E-state index in [4.69, 9.17) is 4.74 Å². The van der Waals surface area contributed by atoms with Gasteiger partial charge >= 0.3 is 11.9 Å². The number of carbonyl (C=O) groups is 2. The second-order valence-electron chi connectivity index (χ2n) is 5.11. The van der Waals surface area contributed by atoms with Crippen LogP contribution in [0.15, 0.2) is 12.3 Å². The maximum absolute atomic E-state index is 12.1. The van der Waals surface area contributed by atoms with Crippen LogP contribution >= 0.6 is 0 Å². The van der Waals surface area contributed by atoms with Gasteiger partial charge in [0.25, 0.3) is 0 Å². The Kier molecular flexibility index (Phi) is 5.30. The third kappa shape index (κ3) is 5.15. The van der Waals surface area contributed by atoms with Crippen LogP contribution in [0.2, 0.25) is 0 Å². The molecular weight excluding hydrogens is 272 g/mol. The van der Waals surface area contributed by atoms with Crippen molar-refractivity contribution in [1.29, 1.82) is 0 Å². The van der Waals surface area contributed by atoms with Crippen molar-refractivity contribution in [2.24, 2.45) is 0 Å². The molecule has 1 aromatic rings. The maximum atomic E-state index is 12.1. The van der Waals surface area contributed by atoms with E-state index in [2.05, 4.69) is 26.9 Å². The Labute approximate surface area is 123 Å². The summed E-state index contributed by atoms with van der Waals surface area (Å²) in [6, 6.07) is 1.52. The molecule has 0 radical (unpaired) electrons. The molecule has 0 saturated carbocycles. The highest BCUT2D eigenvalue weighted by atomic mass is 16.6. The number of pyridine rings is 1. The smallest absolute Gasteiger partial charge is 0.384 e. The van der Waals surface area contributed by atoms with E-state index in [9.17, 15) is 9.59 Å². The number of rotatable bonds is 2. The minimum atomic E-state index is -0.661. The largest absolute Gasteiger partial charge is 0.459 e. The summed E-state index contributed by atoms with van der Waals surface area (Å²) in [6.07, 6.45) is 1.45. The lowest BCUT2D eigenvalue weighted by Gasteiger charge is -2.20. The average molecular weight is 290 g/mol. The summed E-state index contributed by atoms with van der Waals surface area (Å²) >= 11 is 0. The van der Waals surface area contributed by atoms with Gasteiger partial charge in [-0.25, -0.2) is 14.6 Å². The van der Waals surface area contributed by atoms with Crippen molar-refractivity contribution in [1.82, 2.24) is 4.98 Å². The molecule has 6 nitrogen and oxygen atoms in total. The molecule has 0 aliphatic heterocycles. The highest BCUT2D eigenvalue weighted by Gasteiger charge is 2.21. The molecule has 6 heteroatoms. The van der Waals surface area contributed by atoms with Gasteiger partial charge in [0.1, 0.15) is 17.0 Å². The number of hydrogen-bond acceptors (Lipinski definition) is 6. The molecule has 0 aliphatic rings. The van der Waals surface area contributed by atoms with Crippen molar-refractivity contribution in [3.05, 3.63) is 23.4 Å². The van der Waals surface area contributed by atoms with Crippen molar-refractivity contribution >= 4 is 17.8 Å². The minimum absolute atomic E-state index is 0.254. The first-order valence-corrected chi connectivity index (χ1v) is 6.28. The number of anilines is 1. The molecular formula is C15H18N2O4. The standard InChI is InChI=1S/C15H18N2O4/c1-15(2,3)21-14(19)11-8-10(6-7-12(18)20-5)9-17-13(11)16-4/h8-9H,1-5H3,(H,16,17). The Balaban J connectivity index is 3.13. The number of aromatic nitrogens is 1. The lowest BCUT2D eigenvalue weighted by molar-refractivity contribution is -0.133. The van der Waals surface area contributed by atoms with Gasteiger partial charge in [0.15, 0.2) is 0 Å². The number of hydrogen-bond donors (Lipinski definition) is 1. The fraction of sp³-hybridized carbons (Fsp3) is 0.400.